The van der Waals surface area contributed by atoms with Crippen molar-refractivity contribution in [3.8, 4) is 0 Å². The molecule has 0 amide bonds. The van der Waals surface area contributed by atoms with Gasteiger partial charge in [-0.2, -0.15) is 11.8 Å². The Bertz CT molecular complexity index is 141. The van der Waals surface area contributed by atoms with Crippen LogP contribution in [0, 0.1) is 5.41 Å². The smallest absolute Gasteiger partial charge is 0.00580 e. The molecule has 1 saturated carbocycles. The highest BCUT2D eigenvalue weighted by atomic mass is 32.2. The molecule has 0 radical (unpaired) electrons. The molecular formula is C12H25NS. The molecule has 0 aromatic carbocycles. The standard InChI is InChI=1S/C12H25NS/c1-3-14-10-9-13-11-12(2)7-5-4-6-8-12/h13H,3-11H2,1-2H3. The van der Waals surface area contributed by atoms with Crippen LogP contribution in [0.5, 0.6) is 0 Å². The van der Waals surface area contributed by atoms with Crippen LogP contribution in [-0.4, -0.2) is 24.6 Å². The van der Waals surface area contributed by atoms with Gasteiger partial charge in [0, 0.05) is 18.8 Å². The van der Waals surface area contributed by atoms with Crippen molar-refractivity contribution in [1.29, 1.82) is 0 Å². The highest BCUT2D eigenvalue weighted by Gasteiger charge is 2.25. The van der Waals surface area contributed by atoms with Crippen LogP contribution in [0.2, 0.25) is 0 Å². The number of hydrogen-bond acceptors (Lipinski definition) is 2. The van der Waals surface area contributed by atoms with Gasteiger partial charge >= 0.3 is 0 Å². The van der Waals surface area contributed by atoms with E-state index in [-0.39, 0.29) is 0 Å². The molecule has 0 aromatic rings. The van der Waals surface area contributed by atoms with E-state index in [1.54, 1.807) is 0 Å². The van der Waals surface area contributed by atoms with Crippen molar-refractivity contribution in [3.63, 3.8) is 0 Å². The van der Waals surface area contributed by atoms with Gasteiger partial charge in [0.2, 0.25) is 0 Å². The van der Waals surface area contributed by atoms with Gasteiger partial charge in [-0.25, -0.2) is 0 Å². The molecular weight excluding hydrogens is 190 g/mol. The molecule has 1 aliphatic rings. The van der Waals surface area contributed by atoms with E-state index in [0.717, 1.165) is 0 Å². The number of nitrogens with one attached hydrogen (secondary N) is 1. The van der Waals surface area contributed by atoms with Gasteiger partial charge in [0.25, 0.3) is 0 Å². The summed E-state index contributed by atoms with van der Waals surface area (Å²) in [5.74, 6) is 2.52. The molecule has 1 aliphatic carbocycles. The first-order chi connectivity index (χ1) is 6.77. The van der Waals surface area contributed by atoms with E-state index in [4.69, 9.17) is 0 Å². The molecule has 1 N–H and O–H groups in total. The van der Waals surface area contributed by atoms with Gasteiger partial charge in [-0.15, -0.1) is 0 Å². The molecule has 0 spiro atoms. The Labute approximate surface area is 93.4 Å². The van der Waals surface area contributed by atoms with E-state index in [1.807, 2.05) is 11.8 Å². The van der Waals surface area contributed by atoms with E-state index < -0.39 is 0 Å². The van der Waals surface area contributed by atoms with Crippen LogP contribution in [0.3, 0.4) is 0 Å². The third-order valence-electron chi connectivity index (χ3n) is 3.24. The first-order valence-electron chi connectivity index (χ1n) is 6.05. The molecule has 0 heterocycles. The normalized spacial score (nSPS) is 21.0. The second-order valence-electron chi connectivity index (χ2n) is 4.75. The van der Waals surface area contributed by atoms with Crippen molar-refractivity contribution >= 4 is 11.8 Å². The minimum Gasteiger partial charge on any atom is -0.315 e. The molecule has 14 heavy (non-hydrogen) atoms. The van der Waals surface area contributed by atoms with Gasteiger partial charge in [0.05, 0.1) is 0 Å². The molecule has 0 unspecified atom stereocenters. The zero-order chi connectivity index (χ0) is 10.3. The Balaban J connectivity index is 2.03. The molecule has 0 saturated heterocycles. The Morgan fingerprint density at radius 1 is 1.21 bits per heavy atom. The zero-order valence-electron chi connectivity index (χ0n) is 9.77. The van der Waals surface area contributed by atoms with Crippen molar-refractivity contribution in [2.24, 2.45) is 5.41 Å². The maximum atomic E-state index is 3.61. The van der Waals surface area contributed by atoms with Crippen molar-refractivity contribution in [3.05, 3.63) is 0 Å². The third-order valence-corrected chi connectivity index (χ3v) is 4.14. The summed E-state index contributed by atoms with van der Waals surface area (Å²) < 4.78 is 0. The predicted octanol–water partition coefficient (Wildman–Crippen LogP) is 3.30. The fourth-order valence-electron chi connectivity index (χ4n) is 2.26. The molecule has 2 heteroatoms. The summed E-state index contributed by atoms with van der Waals surface area (Å²) in [7, 11) is 0. The Hall–Kier alpha value is 0.310. The highest BCUT2D eigenvalue weighted by Crippen LogP contribution is 2.34. The highest BCUT2D eigenvalue weighted by molar-refractivity contribution is 7.99. The fourth-order valence-corrected chi connectivity index (χ4v) is 2.84. The van der Waals surface area contributed by atoms with Gasteiger partial charge in [0.1, 0.15) is 0 Å². The third kappa shape index (κ3) is 4.70. The van der Waals surface area contributed by atoms with Crippen molar-refractivity contribution in [1.82, 2.24) is 5.32 Å². The maximum absolute atomic E-state index is 3.61. The van der Waals surface area contributed by atoms with Gasteiger partial charge in [0.15, 0.2) is 0 Å². The number of hydrogen-bond donors (Lipinski definition) is 1. The van der Waals surface area contributed by atoms with Crippen LogP contribution in [0.1, 0.15) is 46.0 Å². The summed E-state index contributed by atoms with van der Waals surface area (Å²) in [6.07, 6.45) is 7.22. The summed E-state index contributed by atoms with van der Waals surface area (Å²) in [5, 5.41) is 3.61. The van der Waals surface area contributed by atoms with E-state index in [9.17, 15) is 0 Å². The molecule has 1 fully saturated rings. The number of thioether (sulfide) groups is 1. The van der Waals surface area contributed by atoms with Crippen LogP contribution in [0.15, 0.2) is 0 Å². The lowest BCUT2D eigenvalue weighted by Crippen LogP contribution is -2.34. The Morgan fingerprint density at radius 3 is 2.57 bits per heavy atom. The maximum Gasteiger partial charge on any atom is 0.00580 e. The Morgan fingerprint density at radius 2 is 1.93 bits per heavy atom. The lowest BCUT2D eigenvalue weighted by Gasteiger charge is -2.33. The topological polar surface area (TPSA) is 12.0 Å². The molecule has 0 aliphatic heterocycles. The quantitative estimate of drug-likeness (QED) is 0.682. The second kappa shape index (κ2) is 6.73. The average Bonchev–Trinajstić information content (AvgIpc) is 2.18. The van der Waals surface area contributed by atoms with Crippen LogP contribution in [-0.2, 0) is 0 Å². The van der Waals surface area contributed by atoms with E-state index in [0.29, 0.717) is 5.41 Å². The molecule has 0 atom stereocenters. The summed E-state index contributed by atoms with van der Waals surface area (Å²) in [6.45, 7) is 7.10. The monoisotopic (exact) mass is 215 g/mol. The largest absolute Gasteiger partial charge is 0.315 e. The number of rotatable bonds is 6. The summed E-state index contributed by atoms with van der Waals surface area (Å²) in [6, 6.07) is 0. The second-order valence-corrected chi connectivity index (χ2v) is 6.14. The Kier molecular flexibility index (Phi) is 5.95. The minimum atomic E-state index is 0.606. The lowest BCUT2D eigenvalue weighted by atomic mass is 9.76. The first-order valence-corrected chi connectivity index (χ1v) is 7.21. The predicted molar refractivity (Wildman–Crippen MR) is 67.1 cm³/mol. The van der Waals surface area contributed by atoms with Crippen molar-refractivity contribution < 1.29 is 0 Å². The van der Waals surface area contributed by atoms with Crippen molar-refractivity contribution in [2.75, 3.05) is 24.6 Å². The van der Waals surface area contributed by atoms with Gasteiger partial charge in [-0.1, -0.05) is 33.1 Å². The lowest BCUT2D eigenvalue weighted by molar-refractivity contribution is 0.209. The van der Waals surface area contributed by atoms with Crippen LogP contribution >= 0.6 is 11.8 Å². The minimum absolute atomic E-state index is 0.606. The summed E-state index contributed by atoms with van der Waals surface area (Å²) in [4.78, 5) is 0. The van der Waals surface area contributed by atoms with E-state index in [2.05, 4.69) is 19.2 Å². The summed E-state index contributed by atoms with van der Waals surface area (Å²) in [5.41, 5.74) is 0.606. The fraction of sp³-hybridized carbons (Fsp3) is 1.00. The average molecular weight is 215 g/mol. The summed E-state index contributed by atoms with van der Waals surface area (Å²) >= 11 is 2.03. The van der Waals surface area contributed by atoms with Crippen LogP contribution in [0.4, 0.5) is 0 Å². The van der Waals surface area contributed by atoms with Crippen molar-refractivity contribution in [2.45, 2.75) is 46.0 Å². The molecule has 1 nitrogen and oxygen atoms in total. The van der Waals surface area contributed by atoms with Gasteiger partial charge in [-0.05, 0) is 24.0 Å². The van der Waals surface area contributed by atoms with Crippen LogP contribution < -0.4 is 5.32 Å². The molecule has 84 valence electrons. The first kappa shape index (κ1) is 12.4. The van der Waals surface area contributed by atoms with Crippen LogP contribution in [0.25, 0.3) is 0 Å². The van der Waals surface area contributed by atoms with Gasteiger partial charge in [-0.3, -0.25) is 0 Å². The SMILES string of the molecule is CCSCCNCC1(C)CCCCC1. The van der Waals surface area contributed by atoms with E-state index in [1.165, 1.54) is 56.7 Å². The van der Waals surface area contributed by atoms with Gasteiger partial charge < -0.3 is 5.32 Å². The zero-order valence-corrected chi connectivity index (χ0v) is 10.6. The molecule has 0 bridgehead atoms. The van der Waals surface area contributed by atoms with E-state index >= 15 is 0 Å². The molecule has 0 aromatic heterocycles. The molecule has 1 rings (SSSR count).